The predicted molar refractivity (Wildman–Crippen MR) is 168 cm³/mol. The van der Waals surface area contributed by atoms with E-state index in [9.17, 15) is 4.79 Å². The molecule has 0 amide bonds. The number of allylic oxidation sites excluding steroid dienone is 2. The Morgan fingerprint density at radius 1 is 0.905 bits per heavy atom. The van der Waals surface area contributed by atoms with Crippen LogP contribution in [0.3, 0.4) is 0 Å². The van der Waals surface area contributed by atoms with Crippen LogP contribution in [0.4, 0.5) is 0 Å². The molecule has 1 N–H and O–H groups in total. The van der Waals surface area contributed by atoms with Gasteiger partial charge >= 0.3 is 0 Å². The second-order valence-corrected chi connectivity index (χ2v) is 11.9. The number of hydrogen-bond acceptors (Lipinski definition) is 4. The summed E-state index contributed by atoms with van der Waals surface area (Å²) in [7, 11) is 0. The number of nitrogens with zero attached hydrogens (tertiary/aromatic N) is 1. The number of hydrogen-bond donors (Lipinski definition) is 1. The third-order valence-electron chi connectivity index (χ3n) is 8.76. The number of aliphatic hydroxyl groups excluding tert-OH is 1. The monoisotopic (exact) mass is 737 g/mol. The number of carbonyl (C=O) groups is 1. The Labute approximate surface area is 261 Å². The summed E-state index contributed by atoms with van der Waals surface area (Å²) in [5.41, 5.74) is 7.90. The fourth-order valence-electron chi connectivity index (χ4n) is 6.92. The minimum Gasteiger partial charge on any atom is -0.512 e. The molecule has 0 atom stereocenters. The van der Waals surface area contributed by atoms with Gasteiger partial charge in [0.25, 0.3) is 0 Å². The minimum absolute atomic E-state index is 0. The number of pyridine rings is 1. The average molecular weight is 737 g/mol. The first-order valence-electron chi connectivity index (χ1n) is 15.0. The van der Waals surface area contributed by atoms with E-state index in [0.29, 0.717) is 11.8 Å². The van der Waals surface area contributed by atoms with Gasteiger partial charge in [-0.1, -0.05) is 80.0 Å². The van der Waals surface area contributed by atoms with E-state index in [1.54, 1.807) is 0 Å². The summed E-state index contributed by atoms with van der Waals surface area (Å²) in [4.78, 5) is 15.1. The van der Waals surface area contributed by atoms with Gasteiger partial charge < -0.3 is 14.5 Å². The standard InChI is InChI=1S/C32H30NO.C5H8O2.Ir/c1-20-16-27-24-12-6-7-13-30(24)34-32(27)28(17-20)31-25-15-14-23(21-8-2-3-9-21)18-26(25)29(19-33-31)22-10-4-5-11-22;1-4(6)3-5(2)7;/h6-7,12-16,18-19,21-22H,2-5,8-11H2,1H3;3,6H,1-2H3;/q-1;;/b;4-3-;. The second-order valence-electron chi connectivity index (χ2n) is 11.9. The zero-order valence-corrected chi connectivity index (χ0v) is 27.0. The van der Waals surface area contributed by atoms with Gasteiger partial charge in [0.1, 0.15) is 5.58 Å². The Morgan fingerprint density at radius 3 is 2.26 bits per heavy atom. The van der Waals surface area contributed by atoms with Crippen molar-refractivity contribution < 1.29 is 34.4 Å². The Balaban J connectivity index is 0.000000396. The molecule has 219 valence electrons. The van der Waals surface area contributed by atoms with E-state index in [2.05, 4.69) is 61.7 Å². The van der Waals surface area contributed by atoms with Crippen LogP contribution < -0.4 is 0 Å². The Bertz CT molecular complexity index is 1770. The summed E-state index contributed by atoms with van der Waals surface area (Å²) >= 11 is 0. The molecule has 0 bridgehead atoms. The van der Waals surface area contributed by atoms with Gasteiger partial charge in [0.2, 0.25) is 0 Å². The van der Waals surface area contributed by atoms with Crippen LogP contribution in [0.15, 0.2) is 71.0 Å². The van der Waals surface area contributed by atoms with E-state index in [0.717, 1.165) is 38.8 Å². The van der Waals surface area contributed by atoms with Gasteiger partial charge in [-0.2, -0.15) is 0 Å². The first-order valence-corrected chi connectivity index (χ1v) is 15.0. The fraction of sp³-hybridized carbons (Fsp3) is 0.351. The Kier molecular flexibility index (Phi) is 9.30. The first-order chi connectivity index (χ1) is 19.9. The van der Waals surface area contributed by atoms with Gasteiger partial charge in [-0.25, -0.2) is 0 Å². The third kappa shape index (κ3) is 6.09. The maximum atomic E-state index is 10.0. The van der Waals surface area contributed by atoms with Crippen LogP contribution >= 0.6 is 0 Å². The van der Waals surface area contributed by atoms with E-state index in [1.165, 1.54) is 93.2 Å². The summed E-state index contributed by atoms with van der Waals surface area (Å²) in [5, 5.41) is 13.3. The molecule has 2 heterocycles. The number of benzene rings is 3. The van der Waals surface area contributed by atoms with Crippen LogP contribution in [0.2, 0.25) is 0 Å². The van der Waals surface area contributed by atoms with E-state index in [4.69, 9.17) is 14.5 Å². The van der Waals surface area contributed by atoms with Crippen LogP contribution in [-0.4, -0.2) is 15.9 Å². The molecule has 3 aromatic carbocycles. The van der Waals surface area contributed by atoms with E-state index in [1.807, 2.05) is 6.07 Å². The minimum atomic E-state index is -0.125. The number of aliphatic hydroxyl groups is 1. The molecular formula is C37H38IrNO3-. The quantitative estimate of drug-likeness (QED) is 0.113. The van der Waals surface area contributed by atoms with Crippen LogP contribution in [0.25, 0.3) is 44.0 Å². The van der Waals surface area contributed by atoms with Gasteiger partial charge in [-0.05, 0) is 85.0 Å². The Morgan fingerprint density at radius 2 is 1.60 bits per heavy atom. The SMILES string of the molecule is CC(=O)/C=C(/C)O.Cc1[c-]c(-c2ncc(C3CCCC3)c3cc(C4CCCC4)ccc23)c2oc3ccccc3c2c1.[Ir]. The van der Waals surface area contributed by atoms with Crippen molar-refractivity contribution in [2.24, 2.45) is 0 Å². The molecule has 5 aromatic rings. The van der Waals surface area contributed by atoms with Gasteiger partial charge in [0, 0.05) is 37.8 Å². The van der Waals surface area contributed by atoms with Crippen molar-refractivity contribution in [1.29, 1.82) is 0 Å². The van der Waals surface area contributed by atoms with E-state index >= 15 is 0 Å². The van der Waals surface area contributed by atoms with Gasteiger partial charge in [-0.3, -0.25) is 4.79 Å². The Hall–Kier alpha value is -3.27. The number of ketones is 1. The number of para-hydroxylation sites is 1. The van der Waals surface area contributed by atoms with Crippen LogP contribution in [-0.2, 0) is 24.9 Å². The molecule has 0 spiro atoms. The first kappa shape index (κ1) is 30.2. The van der Waals surface area contributed by atoms with Gasteiger partial charge in [0.05, 0.1) is 11.3 Å². The van der Waals surface area contributed by atoms with Crippen LogP contribution in [0.1, 0.15) is 93.7 Å². The summed E-state index contributed by atoms with van der Waals surface area (Å²) in [6, 6.07) is 21.4. The smallest absolute Gasteiger partial charge is 0.155 e. The molecular weight excluding hydrogens is 699 g/mol. The average Bonchev–Trinajstić information content (AvgIpc) is 3.73. The molecule has 7 rings (SSSR count). The molecule has 4 nitrogen and oxygen atoms in total. The topological polar surface area (TPSA) is 63.3 Å². The maximum absolute atomic E-state index is 10.0. The van der Waals surface area contributed by atoms with Crippen LogP contribution in [0, 0.1) is 13.0 Å². The summed E-state index contributed by atoms with van der Waals surface area (Å²) in [6.45, 7) is 4.97. The number of rotatable bonds is 4. The molecule has 1 radical (unpaired) electrons. The fourth-order valence-corrected chi connectivity index (χ4v) is 6.92. The zero-order valence-electron chi connectivity index (χ0n) is 24.6. The zero-order chi connectivity index (χ0) is 28.5. The molecule has 0 aliphatic heterocycles. The van der Waals surface area contributed by atoms with E-state index in [-0.39, 0.29) is 31.6 Å². The predicted octanol–water partition coefficient (Wildman–Crippen LogP) is 10.3. The number of carbonyl (C=O) groups excluding carboxylic acids is 1. The number of aromatic nitrogens is 1. The molecule has 2 aromatic heterocycles. The molecule has 0 saturated heterocycles. The molecule has 42 heavy (non-hydrogen) atoms. The second kappa shape index (κ2) is 12.9. The summed E-state index contributed by atoms with van der Waals surface area (Å²) < 4.78 is 6.41. The van der Waals surface area contributed by atoms with Crippen LogP contribution in [0.5, 0.6) is 0 Å². The molecule has 2 aliphatic rings. The van der Waals surface area contributed by atoms with Crippen molar-refractivity contribution in [3.8, 4) is 11.3 Å². The van der Waals surface area contributed by atoms with E-state index < -0.39 is 0 Å². The van der Waals surface area contributed by atoms with Crippen molar-refractivity contribution in [2.45, 2.75) is 84.0 Å². The molecule has 5 heteroatoms. The number of aryl methyl sites for hydroxylation is 1. The molecule has 2 saturated carbocycles. The van der Waals surface area contributed by atoms with Crippen molar-refractivity contribution in [2.75, 3.05) is 0 Å². The largest absolute Gasteiger partial charge is 0.512 e. The van der Waals surface area contributed by atoms with Crippen molar-refractivity contribution in [3.63, 3.8) is 0 Å². The third-order valence-corrected chi connectivity index (χ3v) is 8.76. The summed E-state index contributed by atoms with van der Waals surface area (Å²) in [6.07, 6.45) is 14.0. The number of fused-ring (bicyclic) bond motifs is 4. The number of furan rings is 1. The molecule has 0 unspecified atom stereocenters. The molecule has 2 aliphatic carbocycles. The molecule has 2 fully saturated rings. The maximum Gasteiger partial charge on any atom is 0.155 e. The van der Waals surface area contributed by atoms with Gasteiger partial charge in [-0.15, -0.1) is 17.7 Å². The van der Waals surface area contributed by atoms with Crippen molar-refractivity contribution >= 4 is 38.5 Å². The normalized spacial score (nSPS) is 16.1. The van der Waals surface area contributed by atoms with Gasteiger partial charge in [0.15, 0.2) is 5.78 Å². The summed E-state index contributed by atoms with van der Waals surface area (Å²) in [5.74, 6) is 1.29. The van der Waals surface area contributed by atoms with Crippen molar-refractivity contribution in [1.82, 2.24) is 4.98 Å². The van der Waals surface area contributed by atoms with Crippen molar-refractivity contribution in [3.05, 3.63) is 89.3 Å².